The fraction of sp³-hybridized carbons (Fsp3) is 0.0714. The molecule has 0 saturated heterocycles. The number of hydrogen-bond acceptors (Lipinski definition) is 2. The Morgan fingerprint density at radius 1 is 1.06 bits per heavy atom. The molecule has 0 aliphatic heterocycles. The molecule has 17 heavy (non-hydrogen) atoms. The van der Waals surface area contributed by atoms with Gasteiger partial charge in [-0.1, -0.05) is 24.3 Å². The summed E-state index contributed by atoms with van der Waals surface area (Å²) in [7, 11) is 0. The highest BCUT2D eigenvalue weighted by Gasteiger charge is 2.04. The zero-order valence-electron chi connectivity index (χ0n) is 9.57. The average molecular weight is 223 g/mol. The third kappa shape index (κ3) is 1.87. The van der Waals surface area contributed by atoms with Crippen LogP contribution in [-0.2, 0) is 0 Å². The molecule has 0 bridgehead atoms. The Labute approximate surface area is 99.5 Å². The molecule has 0 amide bonds. The lowest BCUT2D eigenvalue weighted by Crippen LogP contribution is -1.91. The van der Waals surface area contributed by atoms with Crippen LogP contribution in [0.3, 0.4) is 0 Å². The first-order chi connectivity index (χ1) is 8.33. The second-order valence-electron chi connectivity index (χ2n) is 4.11. The van der Waals surface area contributed by atoms with E-state index < -0.39 is 0 Å². The molecule has 0 atom stereocenters. The van der Waals surface area contributed by atoms with Crippen LogP contribution >= 0.6 is 0 Å². The predicted molar refractivity (Wildman–Crippen MR) is 70.6 cm³/mol. The van der Waals surface area contributed by atoms with E-state index in [1.807, 2.05) is 30.3 Å². The number of para-hydroxylation sites is 1. The summed E-state index contributed by atoms with van der Waals surface area (Å²) in [5.41, 5.74) is 3.33. The molecule has 3 heteroatoms. The minimum absolute atomic E-state index is 0.867. The van der Waals surface area contributed by atoms with E-state index in [4.69, 9.17) is 0 Å². The fourth-order valence-corrected chi connectivity index (χ4v) is 1.92. The van der Waals surface area contributed by atoms with Gasteiger partial charge in [0.2, 0.25) is 0 Å². The number of H-pyrrole nitrogens is 1. The molecule has 0 radical (unpaired) electrons. The van der Waals surface area contributed by atoms with Gasteiger partial charge in [0.15, 0.2) is 5.82 Å². The van der Waals surface area contributed by atoms with Crippen LogP contribution in [0, 0.1) is 6.92 Å². The molecular weight excluding hydrogens is 210 g/mol. The van der Waals surface area contributed by atoms with Crippen molar-refractivity contribution in [3.8, 4) is 0 Å². The van der Waals surface area contributed by atoms with Crippen LogP contribution in [0.15, 0.2) is 48.5 Å². The van der Waals surface area contributed by atoms with Gasteiger partial charge in [-0.25, -0.2) is 0 Å². The molecule has 0 aliphatic rings. The van der Waals surface area contributed by atoms with Crippen molar-refractivity contribution in [2.45, 2.75) is 6.92 Å². The number of aromatic amines is 1. The van der Waals surface area contributed by atoms with Crippen molar-refractivity contribution < 1.29 is 0 Å². The summed E-state index contributed by atoms with van der Waals surface area (Å²) in [6.45, 7) is 2.08. The summed E-state index contributed by atoms with van der Waals surface area (Å²) >= 11 is 0. The first kappa shape index (κ1) is 9.90. The van der Waals surface area contributed by atoms with Gasteiger partial charge in [-0.05, 0) is 36.8 Å². The lowest BCUT2D eigenvalue weighted by atomic mass is 10.2. The quantitative estimate of drug-likeness (QED) is 0.696. The van der Waals surface area contributed by atoms with Crippen molar-refractivity contribution in [2.75, 3.05) is 5.32 Å². The zero-order chi connectivity index (χ0) is 11.7. The second kappa shape index (κ2) is 3.94. The van der Waals surface area contributed by atoms with Gasteiger partial charge in [0, 0.05) is 11.1 Å². The van der Waals surface area contributed by atoms with E-state index in [0.717, 1.165) is 22.4 Å². The Kier molecular flexibility index (Phi) is 2.29. The molecule has 0 aliphatic carbocycles. The van der Waals surface area contributed by atoms with E-state index in [1.165, 1.54) is 5.56 Å². The number of rotatable bonds is 2. The minimum Gasteiger partial charge on any atom is -0.338 e. The standard InChI is InChI=1S/C14H13N3/c1-10-5-4-6-11(9-10)15-14-12-7-2-3-8-13(12)16-17-14/h2-9H,1H3,(H2,15,16,17). The fourth-order valence-electron chi connectivity index (χ4n) is 1.92. The molecule has 2 N–H and O–H groups in total. The largest absolute Gasteiger partial charge is 0.338 e. The van der Waals surface area contributed by atoms with Gasteiger partial charge < -0.3 is 5.32 Å². The van der Waals surface area contributed by atoms with Crippen LogP contribution in [0.1, 0.15) is 5.56 Å². The van der Waals surface area contributed by atoms with E-state index in [2.05, 4.69) is 40.6 Å². The summed E-state index contributed by atoms with van der Waals surface area (Å²) in [4.78, 5) is 0. The van der Waals surface area contributed by atoms with Crippen molar-refractivity contribution >= 4 is 22.4 Å². The monoisotopic (exact) mass is 223 g/mol. The van der Waals surface area contributed by atoms with Gasteiger partial charge in [-0.2, -0.15) is 5.10 Å². The van der Waals surface area contributed by atoms with Crippen LogP contribution < -0.4 is 5.32 Å². The maximum Gasteiger partial charge on any atom is 0.160 e. The van der Waals surface area contributed by atoms with Gasteiger partial charge in [0.25, 0.3) is 0 Å². The summed E-state index contributed by atoms with van der Waals surface area (Å²) in [6, 6.07) is 16.3. The number of aryl methyl sites for hydroxylation is 1. The van der Waals surface area contributed by atoms with Gasteiger partial charge in [-0.3, -0.25) is 5.10 Å². The highest BCUT2D eigenvalue weighted by Crippen LogP contribution is 2.23. The van der Waals surface area contributed by atoms with E-state index in [9.17, 15) is 0 Å². The molecule has 1 heterocycles. The summed E-state index contributed by atoms with van der Waals surface area (Å²) < 4.78 is 0. The van der Waals surface area contributed by atoms with E-state index in [-0.39, 0.29) is 0 Å². The summed E-state index contributed by atoms with van der Waals surface area (Å²) in [5, 5.41) is 11.7. The topological polar surface area (TPSA) is 40.7 Å². The van der Waals surface area contributed by atoms with Gasteiger partial charge in [-0.15, -0.1) is 0 Å². The van der Waals surface area contributed by atoms with Crippen LogP contribution in [0.5, 0.6) is 0 Å². The van der Waals surface area contributed by atoms with Gasteiger partial charge in [0.1, 0.15) is 0 Å². The van der Waals surface area contributed by atoms with Crippen molar-refractivity contribution in [2.24, 2.45) is 0 Å². The highest BCUT2D eigenvalue weighted by atomic mass is 15.2. The normalized spacial score (nSPS) is 10.6. The highest BCUT2D eigenvalue weighted by molar-refractivity contribution is 5.91. The number of aromatic nitrogens is 2. The maximum atomic E-state index is 4.28. The smallest absolute Gasteiger partial charge is 0.160 e. The summed E-state index contributed by atoms with van der Waals surface area (Å²) in [5.74, 6) is 0.867. The molecule has 3 nitrogen and oxygen atoms in total. The molecule has 0 spiro atoms. The molecule has 3 aromatic rings. The molecule has 0 fully saturated rings. The number of fused-ring (bicyclic) bond motifs is 1. The van der Waals surface area contributed by atoms with E-state index in [0.29, 0.717) is 0 Å². The van der Waals surface area contributed by atoms with E-state index in [1.54, 1.807) is 0 Å². The summed E-state index contributed by atoms with van der Waals surface area (Å²) in [6.07, 6.45) is 0. The van der Waals surface area contributed by atoms with Gasteiger partial charge in [0.05, 0.1) is 5.52 Å². The third-order valence-electron chi connectivity index (χ3n) is 2.75. The zero-order valence-corrected chi connectivity index (χ0v) is 9.57. The molecule has 1 aromatic heterocycles. The Balaban J connectivity index is 2.00. The Bertz CT molecular complexity index is 655. The lowest BCUT2D eigenvalue weighted by molar-refractivity contribution is 1.12. The molecule has 2 aromatic carbocycles. The SMILES string of the molecule is Cc1cccc(Nc2n[nH]c3ccccc23)c1. The number of anilines is 2. The Hall–Kier alpha value is -2.29. The predicted octanol–water partition coefficient (Wildman–Crippen LogP) is 3.61. The van der Waals surface area contributed by atoms with Crippen molar-refractivity contribution in [1.29, 1.82) is 0 Å². The molecular formula is C14H13N3. The van der Waals surface area contributed by atoms with Crippen LogP contribution in [0.4, 0.5) is 11.5 Å². The Morgan fingerprint density at radius 3 is 2.82 bits per heavy atom. The second-order valence-corrected chi connectivity index (χ2v) is 4.11. The van der Waals surface area contributed by atoms with Crippen molar-refractivity contribution in [1.82, 2.24) is 10.2 Å². The van der Waals surface area contributed by atoms with Crippen LogP contribution in [0.25, 0.3) is 10.9 Å². The number of hydrogen-bond donors (Lipinski definition) is 2. The number of benzene rings is 2. The average Bonchev–Trinajstić information content (AvgIpc) is 2.73. The number of nitrogens with one attached hydrogen (secondary N) is 2. The Morgan fingerprint density at radius 2 is 1.94 bits per heavy atom. The van der Waals surface area contributed by atoms with Crippen molar-refractivity contribution in [3.05, 3.63) is 54.1 Å². The van der Waals surface area contributed by atoms with Crippen molar-refractivity contribution in [3.63, 3.8) is 0 Å². The minimum atomic E-state index is 0.867. The number of nitrogens with zero attached hydrogens (tertiary/aromatic N) is 1. The first-order valence-corrected chi connectivity index (χ1v) is 5.60. The molecule has 0 unspecified atom stereocenters. The molecule has 0 saturated carbocycles. The first-order valence-electron chi connectivity index (χ1n) is 5.60. The third-order valence-corrected chi connectivity index (χ3v) is 2.75. The van der Waals surface area contributed by atoms with Gasteiger partial charge >= 0.3 is 0 Å². The van der Waals surface area contributed by atoms with Crippen LogP contribution in [-0.4, -0.2) is 10.2 Å². The lowest BCUT2D eigenvalue weighted by Gasteiger charge is -2.04. The maximum absolute atomic E-state index is 4.28. The molecule has 84 valence electrons. The van der Waals surface area contributed by atoms with Crippen LogP contribution in [0.2, 0.25) is 0 Å². The molecule has 3 rings (SSSR count). The van der Waals surface area contributed by atoms with E-state index >= 15 is 0 Å².